The van der Waals surface area contributed by atoms with Crippen LogP contribution in [0.2, 0.25) is 0 Å². The Morgan fingerprint density at radius 1 is 1.20 bits per heavy atom. The Balaban J connectivity index is 0.00000306. The second kappa shape index (κ2) is 12.7. The molecule has 1 aliphatic heterocycles. The van der Waals surface area contributed by atoms with Crippen molar-refractivity contribution in [3.8, 4) is 17.2 Å². The minimum Gasteiger partial charge on any atom is -0.490 e. The maximum atomic E-state index is 13.4. The van der Waals surface area contributed by atoms with Crippen LogP contribution in [0.5, 0.6) is 17.2 Å². The molecule has 194 valence electrons. The first-order valence-corrected chi connectivity index (χ1v) is 10.4. The maximum Gasteiger partial charge on any atom is 0.419 e. The van der Waals surface area contributed by atoms with Crippen molar-refractivity contribution < 1.29 is 37.3 Å². The molecule has 0 atom stereocenters. The molecule has 0 radical (unpaired) electrons. The molecule has 6 nitrogen and oxygen atoms in total. The third-order valence-corrected chi connectivity index (χ3v) is 4.75. The smallest absolute Gasteiger partial charge is 0.419 e. The van der Waals surface area contributed by atoms with Crippen LogP contribution in [0.1, 0.15) is 38.0 Å². The van der Waals surface area contributed by atoms with Crippen LogP contribution < -0.4 is 14.2 Å². The van der Waals surface area contributed by atoms with E-state index in [-0.39, 0.29) is 44.8 Å². The molecule has 35 heavy (non-hydrogen) atoms. The fourth-order valence-corrected chi connectivity index (χ4v) is 3.42. The van der Waals surface area contributed by atoms with Crippen molar-refractivity contribution in [2.75, 3.05) is 26.7 Å². The predicted molar refractivity (Wildman–Crippen MR) is 131 cm³/mol. The molecule has 0 fully saturated rings. The Hall–Kier alpha value is -2.91. The zero-order valence-corrected chi connectivity index (χ0v) is 19.8. The number of halogens is 4. The van der Waals surface area contributed by atoms with Crippen LogP contribution >= 0.6 is 12.4 Å². The summed E-state index contributed by atoms with van der Waals surface area (Å²) in [4.78, 5) is 12.5. The van der Waals surface area contributed by atoms with Crippen molar-refractivity contribution in [1.29, 1.82) is 0 Å². The van der Waals surface area contributed by atoms with E-state index in [4.69, 9.17) is 19.3 Å². The molecule has 1 heterocycles. The molecule has 0 saturated heterocycles. The third-order valence-electron chi connectivity index (χ3n) is 4.75. The van der Waals surface area contributed by atoms with E-state index in [9.17, 15) is 18.0 Å². The monoisotopic (exact) mass is 517 g/mol. The zero-order chi connectivity index (χ0) is 24.2. The molecule has 3 rings (SSSR count). The van der Waals surface area contributed by atoms with Gasteiger partial charge in [0, 0.05) is 18.2 Å². The van der Waals surface area contributed by atoms with Gasteiger partial charge in [-0.1, -0.05) is 13.5 Å². The largest absolute Gasteiger partial charge is 0.490 e. The van der Waals surface area contributed by atoms with E-state index < -0.39 is 17.7 Å². The predicted octanol–water partition coefficient (Wildman–Crippen LogP) is 5.92. The molecule has 2 aromatic carbocycles. The van der Waals surface area contributed by atoms with E-state index in [0.29, 0.717) is 30.2 Å². The van der Waals surface area contributed by atoms with E-state index in [1.54, 1.807) is 50.1 Å². The van der Waals surface area contributed by atoms with Gasteiger partial charge in [-0.15, -0.1) is 12.4 Å². The fraction of sp³-hybridized carbons (Fsp3) is 0.400. The first-order chi connectivity index (χ1) is 15.5. The van der Waals surface area contributed by atoms with Crippen LogP contribution in [-0.4, -0.2) is 48.8 Å². The van der Waals surface area contributed by atoms with Gasteiger partial charge in [-0.2, -0.15) is 13.2 Å². The van der Waals surface area contributed by atoms with Crippen molar-refractivity contribution in [1.82, 2.24) is 4.90 Å². The third kappa shape index (κ3) is 8.67. The average Bonchev–Trinajstić information content (AvgIpc) is 2.71. The summed E-state index contributed by atoms with van der Waals surface area (Å²) in [5.74, 6) is -0.0556. The number of ether oxygens (including phenoxy) is 3. The molecular weight excluding hydrogens is 487 g/mol. The van der Waals surface area contributed by atoms with Gasteiger partial charge in [0.05, 0.1) is 18.2 Å². The molecule has 10 heteroatoms. The Bertz CT molecular complexity index is 1040. The highest BCUT2D eigenvalue weighted by molar-refractivity contribution is 5.85. The Morgan fingerprint density at radius 2 is 1.91 bits per heavy atom. The van der Waals surface area contributed by atoms with Gasteiger partial charge in [0.2, 0.25) is 0 Å². The standard InChI is InChI=1S/C24H26F3NO5.CH4.ClH/c1-15(2)33-21-7-4-16(9-20(21)24(25,26)27)13-31-19-6-5-18-8-17(14-32-22(18)10-19)11-28(3)12-23(29)30;;/h4-10,15H,11-14H2,1-3H3,(H,29,30);1H4;1H. The minimum absolute atomic E-state index is 0. The number of likely N-dealkylation sites (N-methyl/N-ethyl adjacent to an activating group) is 1. The second-order valence-corrected chi connectivity index (χ2v) is 8.14. The van der Waals surface area contributed by atoms with Gasteiger partial charge in [-0.05, 0) is 62.4 Å². The lowest BCUT2D eigenvalue weighted by Crippen LogP contribution is -2.29. The number of carboxylic acids is 1. The van der Waals surface area contributed by atoms with Crippen LogP contribution in [0.4, 0.5) is 13.2 Å². The molecule has 0 spiro atoms. The normalized spacial score (nSPS) is 12.6. The first kappa shape index (κ1) is 30.1. The highest BCUT2D eigenvalue weighted by Crippen LogP contribution is 2.37. The summed E-state index contributed by atoms with van der Waals surface area (Å²) in [5, 5.41) is 8.87. The number of nitrogens with zero attached hydrogens (tertiary/aromatic N) is 1. The maximum absolute atomic E-state index is 13.4. The van der Waals surface area contributed by atoms with E-state index in [0.717, 1.165) is 17.2 Å². The topological polar surface area (TPSA) is 68.2 Å². The lowest BCUT2D eigenvalue weighted by atomic mass is 10.1. The van der Waals surface area contributed by atoms with Gasteiger partial charge in [-0.3, -0.25) is 9.69 Å². The number of hydrogen-bond acceptors (Lipinski definition) is 5. The van der Waals surface area contributed by atoms with Gasteiger partial charge in [-0.25, -0.2) is 0 Å². The quantitative estimate of drug-likeness (QED) is 0.445. The van der Waals surface area contributed by atoms with Crippen LogP contribution in [-0.2, 0) is 17.6 Å². The second-order valence-electron chi connectivity index (χ2n) is 8.14. The number of fused-ring (bicyclic) bond motifs is 1. The number of alkyl halides is 3. The number of rotatable bonds is 9. The van der Waals surface area contributed by atoms with E-state index >= 15 is 0 Å². The van der Waals surface area contributed by atoms with Crippen molar-refractivity contribution in [2.24, 2.45) is 0 Å². The molecule has 1 aliphatic rings. The Morgan fingerprint density at radius 3 is 2.54 bits per heavy atom. The van der Waals surface area contributed by atoms with Gasteiger partial charge in [0.1, 0.15) is 30.5 Å². The van der Waals surface area contributed by atoms with Gasteiger partial charge in [0.15, 0.2) is 0 Å². The summed E-state index contributed by atoms with van der Waals surface area (Å²) in [6.07, 6.45) is -2.98. The van der Waals surface area contributed by atoms with Gasteiger partial charge >= 0.3 is 12.1 Å². The number of aliphatic carboxylic acids is 1. The lowest BCUT2D eigenvalue weighted by Gasteiger charge is -2.22. The molecule has 0 bridgehead atoms. The van der Waals surface area contributed by atoms with Crippen LogP contribution in [0.25, 0.3) is 6.08 Å². The molecule has 0 aliphatic carbocycles. The van der Waals surface area contributed by atoms with E-state index in [1.165, 1.54) is 6.07 Å². The van der Waals surface area contributed by atoms with Crippen molar-refractivity contribution in [3.63, 3.8) is 0 Å². The average molecular weight is 518 g/mol. The number of carbonyl (C=O) groups is 1. The minimum atomic E-state index is -4.54. The fourth-order valence-electron chi connectivity index (χ4n) is 3.42. The Kier molecular flexibility index (Phi) is 10.9. The molecule has 0 unspecified atom stereocenters. The zero-order valence-electron chi connectivity index (χ0n) is 19.0. The van der Waals surface area contributed by atoms with Gasteiger partial charge in [0.25, 0.3) is 0 Å². The summed E-state index contributed by atoms with van der Waals surface area (Å²) in [7, 11) is 1.72. The number of hydrogen-bond donors (Lipinski definition) is 1. The Labute approximate surface area is 209 Å². The number of benzene rings is 2. The van der Waals surface area contributed by atoms with Gasteiger partial charge < -0.3 is 19.3 Å². The molecule has 0 saturated carbocycles. The van der Waals surface area contributed by atoms with Crippen LogP contribution in [0.15, 0.2) is 42.0 Å². The molecule has 1 N–H and O–H groups in total. The molecule has 0 aromatic heterocycles. The van der Waals surface area contributed by atoms with E-state index in [2.05, 4.69) is 0 Å². The summed E-state index contributed by atoms with van der Waals surface area (Å²) in [5.41, 5.74) is 1.28. The highest BCUT2D eigenvalue weighted by atomic mass is 35.5. The van der Waals surface area contributed by atoms with E-state index in [1.807, 2.05) is 6.08 Å². The van der Waals surface area contributed by atoms with Crippen molar-refractivity contribution >= 4 is 24.5 Å². The summed E-state index contributed by atoms with van der Waals surface area (Å²) in [6, 6.07) is 9.08. The summed E-state index contributed by atoms with van der Waals surface area (Å²) >= 11 is 0. The highest BCUT2D eigenvalue weighted by Gasteiger charge is 2.35. The van der Waals surface area contributed by atoms with Crippen molar-refractivity contribution in [3.05, 3.63) is 58.7 Å². The molecule has 0 amide bonds. The lowest BCUT2D eigenvalue weighted by molar-refractivity contribution is -0.139. The SMILES string of the molecule is C.CC(C)Oc1ccc(COc2ccc3c(c2)OCC(CN(C)CC(=O)O)=C3)cc1C(F)(F)F.Cl. The first-order valence-electron chi connectivity index (χ1n) is 10.4. The summed E-state index contributed by atoms with van der Waals surface area (Å²) in [6.45, 7) is 3.99. The van der Waals surface area contributed by atoms with Crippen molar-refractivity contribution in [2.45, 2.75) is 40.2 Å². The number of carboxylic acid groups (broad SMARTS) is 1. The van der Waals surface area contributed by atoms with Crippen LogP contribution in [0.3, 0.4) is 0 Å². The molecule has 2 aromatic rings. The molecular formula is C25H31ClF3NO5. The van der Waals surface area contributed by atoms with Crippen LogP contribution in [0, 0.1) is 0 Å². The summed E-state index contributed by atoms with van der Waals surface area (Å²) < 4.78 is 57.0.